The molecule has 0 fully saturated rings. The zero-order valence-corrected chi connectivity index (χ0v) is 29.9. The SMILES string of the molecule is Cc1cc(Oc2ccc(NS(=O)(=O)c3ccc4c(c3)CC(=O)N4C)c(F)c2)c2cccc(C(F)(F)F)c2n1.O=S(=O)(O)c1cccc(-c2ccccc2)c1. The van der Waals surface area contributed by atoms with E-state index in [1.54, 1.807) is 19.2 Å². The number of rotatable bonds is 7. The van der Waals surface area contributed by atoms with Gasteiger partial charge in [-0.1, -0.05) is 48.5 Å². The fraction of sp³-hybridized carbons (Fsp3) is 0.105. The summed E-state index contributed by atoms with van der Waals surface area (Å²) in [5, 5.41) is 0.0800. The minimum atomic E-state index is -4.63. The van der Waals surface area contributed by atoms with Crippen molar-refractivity contribution in [1.82, 2.24) is 4.98 Å². The Kier molecular flexibility index (Phi) is 10.2. The number of hydrogen-bond donors (Lipinski definition) is 2. The fourth-order valence-electron chi connectivity index (χ4n) is 5.71. The molecule has 0 saturated carbocycles. The second kappa shape index (κ2) is 14.5. The molecule has 6 aromatic rings. The van der Waals surface area contributed by atoms with Gasteiger partial charge in [-0.25, -0.2) is 12.8 Å². The summed E-state index contributed by atoms with van der Waals surface area (Å²) in [6.07, 6.45) is -4.57. The van der Waals surface area contributed by atoms with Gasteiger partial charge >= 0.3 is 6.18 Å². The standard InChI is InChI=1S/C26H19F4N3O4S.C12H10O3S/c1-14-10-23(18-4-3-5-19(25(18)31-14)26(28,29)30)37-16-6-8-21(20(27)13-16)32-38(35,36)17-7-9-22-15(11-17)12-24(34)33(22)2;13-16(14,15)12-8-4-7-11(9-12)10-5-2-1-3-6-10/h3-11,13,32H,12H2,1-2H3;1-9H,(H,13,14,15). The van der Waals surface area contributed by atoms with Crippen molar-refractivity contribution in [2.75, 3.05) is 16.7 Å². The van der Waals surface area contributed by atoms with Crippen LogP contribution in [0.5, 0.6) is 11.5 Å². The molecule has 5 aromatic carbocycles. The second-order valence-electron chi connectivity index (χ2n) is 12.1. The van der Waals surface area contributed by atoms with Crippen LogP contribution in [-0.4, -0.2) is 39.3 Å². The summed E-state index contributed by atoms with van der Waals surface area (Å²) in [6, 6.07) is 28.1. The number of ether oxygens (including phenoxy) is 1. The van der Waals surface area contributed by atoms with Crippen molar-refractivity contribution in [3.63, 3.8) is 0 Å². The van der Waals surface area contributed by atoms with Crippen LogP contribution in [0.4, 0.5) is 28.9 Å². The van der Waals surface area contributed by atoms with E-state index in [-0.39, 0.29) is 55.9 Å². The van der Waals surface area contributed by atoms with Gasteiger partial charge in [-0.3, -0.25) is 19.1 Å². The number of likely N-dealkylation sites (N-methyl/N-ethyl adjacent to an activating group) is 1. The van der Waals surface area contributed by atoms with E-state index in [1.807, 2.05) is 30.3 Å². The van der Waals surface area contributed by atoms with Crippen LogP contribution in [0.2, 0.25) is 0 Å². The van der Waals surface area contributed by atoms with Gasteiger partial charge in [0.15, 0.2) is 5.82 Å². The first-order valence-electron chi connectivity index (χ1n) is 15.9. The number of benzene rings is 5. The van der Waals surface area contributed by atoms with E-state index in [0.29, 0.717) is 11.3 Å². The number of halogens is 4. The van der Waals surface area contributed by atoms with Crippen molar-refractivity contribution >= 4 is 48.3 Å². The van der Waals surface area contributed by atoms with Gasteiger partial charge in [-0.05, 0) is 78.2 Å². The maximum absolute atomic E-state index is 14.9. The Morgan fingerprint density at radius 2 is 1.52 bits per heavy atom. The number of aromatic nitrogens is 1. The number of amides is 1. The molecule has 54 heavy (non-hydrogen) atoms. The van der Waals surface area contributed by atoms with Crippen molar-refractivity contribution in [3.8, 4) is 22.6 Å². The Bertz CT molecular complexity index is 2640. The summed E-state index contributed by atoms with van der Waals surface area (Å²) in [4.78, 5) is 17.1. The number of hydrogen-bond acceptors (Lipinski definition) is 7. The lowest BCUT2D eigenvalue weighted by molar-refractivity contribution is -0.136. The zero-order chi connectivity index (χ0) is 39.0. The number of pyridine rings is 1. The van der Waals surface area contributed by atoms with Crippen LogP contribution in [0, 0.1) is 12.7 Å². The number of fused-ring (bicyclic) bond motifs is 2. The van der Waals surface area contributed by atoms with Gasteiger partial charge in [0.25, 0.3) is 20.1 Å². The van der Waals surface area contributed by atoms with Crippen LogP contribution in [-0.2, 0) is 37.5 Å². The highest BCUT2D eigenvalue weighted by atomic mass is 32.2. The lowest BCUT2D eigenvalue weighted by Gasteiger charge is -2.15. The van der Waals surface area contributed by atoms with Gasteiger partial charge in [0, 0.05) is 35.9 Å². The van der Waals surface area contributed by atoms with Crippen LogP contribution < -0.4 is 14.4 Å². The maximum Gasteiger partial charge on any atom is 0.418 e. The number of carbonyl (C=O) groups excluding carboxylic acids is 1. The molecule has 278 valence electrons. The molecule has 16 heteroatoms. The minimum absolute atomic E-state index is 0.0315. The molecule has 0 unspecified atom stereocenters. The highest BCUT2D eigenvalue weighted by Crippen LogP contribution is 2.39. The van der Waals surface area contributed by atoms with Crippen molar-refractivity contribution in [3.05, 3.63) is 138 Å². The average Bonchev–Trinajstić information content (AvgIpc) is 3.41. The molecule has 2 heterocycles. The number of nitrogens with zero attached hydrogens (tertiary/aromatic N) is 2. The number of nitrogens with one attached hydrogen (secondary N) is 1. The number of carbonyl (C=O) groups is 1. The molecule has 1 aromatic heterocycles. The highest BCUT2D eigenvalue weighted by Gasteiger charge is 2.34. The van der Waals surface area contributed by atoms with E-state index < -0.39 is 37.7 Å². The molecule has 2 N–H and O–H groups in total. The molecular weight excluding hydrogens is 751 g/mol. The first-order chi connectivity index (χ1) is 25.4. The lowest BCUT2D eigenvalue weighted by atomic mass is 10.1. The van der Waals surface area contributed by atoms with Gasteiger partial charge in [0.05, 0.1) is 33.0 Å². The van der Waals surface area contributed by atoms with Crippen LogP contribution >= 0.6 is 0 Å². The van der Waals surface area contributed by atoms with Crippen LogP contribution in [0.3, 0.4) is 0 Å². The van der Waals surface area contributed by atoms with Gasteiger partial charge in [-0.2, -0.15) is 21.6 Å². The molecule has 1 aliphatic rings. The number of para-hydroxylation sites is 1. The average molecular weight is 780 g/mol. The smallest absolute Gasteiger partial charge is 0.418 e. The van der Waals surface area contributed by atoms with Crippen molar-refractivity contribution < 1.29 is 48.5 Å². The topological polar surface area (TPSA) is 143 Å². The Labute approximate surface area is 307 Å². The number of alkyl halides is 3. The number of sulfonamides is 1. The highest BCUT2D eigenvalue weighted by molar-refractivity contribution is 7.92. The summed E-state index contributed by atoms with van der Waals surface area (Å²) < 4.78 is 120. The monoisotopic (exact) mass is 779 g/mol. The Morgan fingerprint density at radius 3 is 2.20 bits per heavy atom. The molecule has 1 aliphatic heterocycles. The van der Waals surface area contributed by atoms with Crippen LogP contribution in [0.1, 0.15) is 16.8 Å². The summed E-state index contributed by atoms with van der Waals surface area (Å²) in [7, 11) is -6.74. The van der Waals surface area contributed by atoms with Crippen molar-refractivity contribution in [2.45, 2.75) is 29.3 Å². The third-order valence-corrected chi connectivity index (χ3v) is 10.5. The van der Waals surface area contributed by atoms with E-state index in [1.165, 1.54) is 66.4 Å². The number of anilines is 2. The van der Waals surface area contributed by atoms with E-state index in [0.717, 1.165) is 29.3 Å². The molecule has 0 radical (unpaired) electrons. The van der Waals surface area contributed by atoms with Gasteiger partial charge < -0.3 is 9.64 Å². The first-order valence-corrected chi connectivity index (χ1v) is 18.8. The van der Waals surface area contributed by atoms with E-state index in [4.69, 9.17) is 9.29 Å². The van der Waals surface area contributed by atoms with Crippen LogP contribution in [0.25, 0.3) is 22.0 Å². The molecule has 0 saturated heterocycles. The molecule has 0 atom stereocenters. The van der Waals surface area contributed by atoms with Gasteiger partial charge in [0.1, 0.15) is 11.5 Å². The molecule has 1 amide bonds. The van der Waals surface area contributed by atoms with Gasteiger partial charge in [0.2, 0.25) is 5.91 Å². The number of aryl methyl sites for hydroxylation is 1. The summed E-state index contributed by atoms with van der Waals surface area (Å²) in [5.41, 5.74) is 1.48. The lowest BCUT2D eigenvalue weighted by Crippen LogP contribution is -2.20. The van der Waals surface area contributed by atoms with Crippen molar-refractivity contribution in [1.29, 1.82) is 0 Å². The van der Waals surface area contributed by atoms with E-state index in [9.17, 15) is 39.2 Å². The van der Waals surface area contributed by atoms with Crippen molar-refractivity contribution in [2.24, 2.45) is 0 Å². The fourth-order valence-corrected chi connectivity index (χ4v) is 7.35. The first kappa shape index (κ1) is 37.9. The molecule has 0 bridgehead atoms. The Morgan fingerprint density at radius 1 is 0.815 bits per heavy atom. The van der Waals surface area contributed by atoms with E-state index in [2.05, 4.69) is 9.71 Å². The third kappa shape index (κ3) is 8.20. The Balaban J connectivity index is 0.000000259. The molecule has 0 aliphatic carbocycles. The summed E-state index contributed by atoms with van der Waals surface area (Å²) >= 11 is 0. The summed E-state index contributed by atoms with van der Waals surface area (Å²) in [6.45, 7) is 1.50. The normalized spacial score (nSPS) is 12.9. The third-order valence-electron chi connectivity index (χ3n) is 8.33. The molecule has 10 nitrogen and oxygen atoms in total. The second-order valence-corrected chi connectivity index (χ2v) is 15.2. The van der Waals surface area contributed by atoms with E-state index >= 15 is 0 Å². The minimum Gasteiger partial charge on any atom is -0.456 e. The quantitative estimate of drug-likeness (QED) is 0.122. The summed E-state index contributed by atoms with van der Waals surface area (Å²) in [5.74, 6) is -1.16. The van der Waals surface area contributed by atoms with Gasteiger partial charge in [-0.15, -0.1) is 0 Å². The van der Waals surface area contributed by atoms with Crippen LogP contribution in [0.15, 0.2) is 125 Å². The predicted octanol–water partition coefficient (Wildman–Crippen LogP) is 8.41. The molecular formula is C38H29F4N3O7S2. The zero-order valence-electron chi connectivity index (χ0n) is 28.3. The molecule has 0 spiro atoms. The predicted molar refractivity (Wildman–Crippen MR) is 194 cm³/mol. The molecule has 7 rings (SSSR count). The maximum atomic E-state index is 14.9. The Hall–Kier alpha value is -5.84. The largest absolute Gasteiger partial charge is 0.456 e.